The van der Waals surface area contributed by atoms with Gasteiger partial charge in [-0.25, -0.2) is 0 Å². The van der Waals surface area contributed by atoms with Gasteiger partial charge in [0, 0.05) is 5.02 Å². The van der Waals surface area contributed by atoms with Crippen LogP contribution in [0.15, 0.2) is 48.5 Å². The molecule has 148 valence electrons. The number of halogens is 1. The smallest absolute Gasteiger partial charge is 0.313 e. The number of hydrogen-bond donors (Lipinski definition) is 2. The van der Waals surface area contributed by atoms with Crippen LogP contribution in [0.2, 0.25) is 5.02 Å². The summed E-state index contributed by atoms with van der Waals surface area (Å²) in [6, 6.07) is 13.7. The molecule has 2 rings (SSSR count). The molecular formula is C20H21ClN2O5. The van der Waals surface area contributed by atoms with E-state index in [0.717, 1.165) is 5.56 Å². The van der Waals surface area contributed by atoms with Crippen molar-refractivity contribution in [1.82, 2.24) is 10.9 Å². The summed E-state index contributed by atoms with van der Waals surface area (Å²) >= 11 is 5.88. The molecule has 0 unspecified atom stereocenters. The van der Waals surface area contributed by atoms with Crippen LogP contribution in [-0.4, -0.2) is 31.5 Å². The Labute approximate surface area is 167 Å². The van der Waals surface area contributed by atoms with E-state index >= 15 is 0 Å². The summed E-state index contributed by atoms with van der Waals surface area (Å²) < 4.78 is 10.2. The second-order valence-electron chi connectivity index (χ2n) is 5.83. The van der Waals surface area contributed by atoms with Crippen molar-refractivity contribution in [3.8, 4) is 5.75 Å². The maximum atomic E-state index is 12.2. The standard InChI is InChI=1S/C20H21ClN2O5/c1-3-15(13-7-5-4-6-8-13)20(26)28-12-18(24)22-23-19(25)16-11-14(21)9-10-17(16)27-2/h4-11,15H,3,12H2,1-2H3,(H,22,24)(H,23,25)/t15-/m0/s1. The molecule has 0 aliphatic carbocycles. The van der Waals surface area contributed by atoms with Crippen molar-refractivity contribution < 1.29 is 23.9 Å². The molecule has 28 heavy (non-hydrogen) atoms. The molecule has 8 heteroatoms. The minimum Gasteiger partial charge on any atom is -0.496 e. The van der Waals surface area contributed by atoms with Crippen molar-refractivity contribution in [3.05, 3.63) is 64.7 Å². The molecular weight excluding hydrogens is 384 g/mol. The quantitative estimate of drug-likeness (QED) is 0.546. The first-order valence-electron chi connectivity index (χ1n) is 8.60. The Hall–Kier alpha value is -3.06. The summed E-state index contributed by atoms with van der Waals surface area (Å²) in [5.74, 6) is -1.96. The van der Waals surface area contributed by atoms with E-state index in [2.05, 4.69) is 10.9 Å². The summed E-state index contributed by atoms with van der Waals surface area (Å²) in [5, 5.41) is 0.345. The molecule has 0 saturated carbocycles. The van der Waals surface area contributed by atoms with Crippen LogP contribution in [0.25, 0.3) is 0 Å². The zero-order chi connectivity index (χ0) is 20.5. The molecule has 0 saturated heterocycles. The lowest BCUT2D eigenvalue weighted by molar-refractivity contribution is -0.150. The highest BCUT2D eigenvalue weighted by Gasteiger charge is 2.21. The maximum Gasteiger partial charge on any atom is 0.313 e. The fraction of sp³-hybridized carbons (Fsp3) is 0.250. The van der Waals surface area contributed by atoms with Crippen molar-refractivity contribution in [2.75, 3.05) is 13.7 Å². The second-order valence-corrected chi connectivity index (χ2v) is 6.26. The summed E-state index contributed by atoms with van der Waals surface area (Å²) in [5.41, 5.74) is 5.39. The van der Waals surface area contributed by atoms with Crippen LogP contribution in [-0.2, 0) is 14.3 Å². The third kappa shape index (κ3) is 5.72. The Kier molecular flexibility index (Phi) is 7.83. The van der Waals surface area contributed by atoms with E-state index in [1.807, 2.05) is 37.3 Å². The van der Waals surface area contributed by atoms with Crippen LogP contribution in [0.1, 0.15) is 35.2 Å². The van der Waals surface area contributed by atoms with Gasteiger partial charge >= 0.3 is 5.97 Å². The third-order valence-corrected chi connectivity index (χ3v) is 4.20. The number of amides is 2. The van der Waals surface area contributed by atoms with Gasteiger partial charge in [0.25, 0.3) is 11.8 Å². The van der Waals surface area contributed by atoms with E-state index in [4.69, 9.17) is 21.1 Å². The van der Waals surface area contributed by atoms with Gasteiger partial charge in [0.1, 0.15) is 5.75 Å². The first-order chi connectivity index (χ1) is 13.5. The first-order valence-corrected chi connectivity index (χ1v) is 8.98. The number of hydrazine groups is 1. The average Bonchev–Trinajstić information content (AvgIpc) is 2.71. The number of methoxy groups -OCH3 is 1. The Bertz CT molecular complexity index is 842. The van der Waals surface area contributed by atoms with E-state index in [9.17, 15) is 14.4 Å². The van der Waals surface area contributed by atoms with Crippen molar-refractivity contribution in [2.45, 2.75) is 19.3 Å². The van der Waals surface area contributed by atoms with Gasteiger partial charge in [0.05, 0.1) is 18.6 Å². The maximum absolute atomic E-state index is 12.2. The molecule has 0 aromatic heterocycles. The van der Waals surface area contributed by atoms with Crippen LogP contribution in [0.3, 0.4) is 0 Å². The molecule has 0 aliphatic heterocycles. The molecule has 0 fully saturated rings. The number of hydrogen-bond acceptors (Lipinski definition) is 5. The van der Waals surface area contributed by atoms with Gasteiger partial charge in [0.2, 0.25) is 0 Å². The van der Waals surface area contributed by atoms with Gasteiger partial charge in [-0.1, -0.05) is 48.9 Å². The first kappa shape index (κ1) is 21.2. The third-order valence-electron chi connectivity index (χ3n) is 3.96. The fourth-order valence-electron chi connectivity index (χ4n) is 2.55. The Morgan fingerprint density at radius 2 is 1.79 bits per heavy atom. The zero-order valence-corrected chi connectivity index (χ0v) is 16.3. The Morgan fingerprint density at radius 3 is 2.43 bits per heavy atom. The van der Waals surface area contributed by atoms with E-state index in [0.29, 0.717) is 17.2 Å². The van der Waals surface area contributed by atoms with Gasteiger partial charge in [-0.15, -0.1) is 0 Å². The summed E-state index contributed by atoms with van der Waals surface area (Å²) in [6.07, 6.45) is 0.537. The molecule has 0 bridgehead atoms. The van der Waals surface area contributed by atoms with Gasteiger partial charge in [0.15, 0.2) is 6.61 Å². The normalized spacial score (nSPS) is 11.2. The molecule has 0 radical (unpaired) electrons. The number of esters is 1. The van der Waals surface area contributed by atoms with E-state index in [-0.39, 0.29) is 5.56 Å². The summed E-state index contributed by atoms with van der Waals surface area (Å²) in [4.78, 5) is 36.3. The predicted octanol–water partition coefficient (Wildman–Crippen LogP) is 2.85. The fourth-order valence-corrected chi connectivity index (χ4v) is 2.72. The summed E-state index contributed by atoms with van der Waals surface area (Å²) in [7, 11) is 1.41. The molecule has 2 aromatic rings. The number of rotatable bonds is 7. The topological polar surface area (TPSA) is 93.7 Å². The molecule has 2 aromatic carbocycles. The largest absolute Gasteiger partial charge is 0.496 e. The number of carbonyl (C=O) groups excluding carboxylic acids is 3. The van der Waals surface area contributed by atoms with Crippen LogP contribution in [0.4, 0.5) is 0 Å². The minimum absolute atomic E-state index is 0.155. The lowest BCUT2D eigenvalue weighted by Crippen LogP contribution is -2.43. The predicted molar refractivity (Wildman–Crippen MR) is 104 cm³/mol. The zero-order valence-electron chi connectivity index (χ0n) is 15.5. The molecule has 0 spiro atoms. The van der Waals surface area contributed by atoms with Crippen molar-refractivity contribution in [2.24, 2.45) is 0 Å². The SMILES string of the molecule is CC[C@H](C(=O)OCC(=O)NNC(=O)c1cc(Cl)ccc1OC)c1ccccc1. The second kappa shape index (κ2) is 10.3. The van der Waals surface area contributed by atoms with E-state index in [1.54, 1.807) is 6.07 Å². The number of carbonyl (C=O) groups is 3. The monoisotopic (exact) mass is 404 g/mol. The highest BCUT2D eigenvalue weighted by atomic mass is 35.5. The molecule has 0 heterocycles. The molecule has 1 atom stereocenters. The van der Waals surface area contributed by atoms with Crippen LogP contribution in [0.5, 0.6) is 5.75 Å². The molecule has 2 amide bonds. The van der Waals surface area contributed by atoms with Crippen LogP contribution in [0, 0.1) is 0 Å². The van der Waals surface area contributed by atoms with Gasteiger partial charge in [-0.05, 0) is 30.2 Å². The van der Waals surface area contributed by atoms with Gasteiger partial charge in [-0.2, -0.15) is 0 Å². The van der Waals surface area contributed by atoms with E-state index in [1.165, 1.54) is 19.2 Å². The number of benzene rings is 2. The molecule has 2 N–H and O–H groups in total. The van der Waals surface area contributed by atoms with Crippen LogP contribution >= 0.6 is 11.6 Å². The Morgan fingerprint density at radius 1 is 1.07 bits per heavy atom. The van der Waals surface area contributed by atoms with Crippen molar-refractivity contribution in [3.63, 3.8) is 0 Å². The van der Waals surface area contributed by atoms with Gasteiger partial charge in [-0.3, -0.25) is 25.2 Å². The van der Waals surface area contributed by atoms with Crippen LogP contribution < -0.4 is 15.6 Å². The molecule has 7 nitrogen and oxygen atoms in total. The van der Waals surface area contributed by atoms with Crippen molar-refractivity contribution in [1.29, 1.82) is 0 Å². The highest BCUT2D eigenvalue weighted by molar-refractivity contribution is 6.31. The van der Waals surface area contributed by atoms with Crippen molar-refractivity contribution >= 4 is 29.4 Å². The lowest BCUT2D eigenvalue weighted by atomic mass is 9.97. The molecule has 0 aliphatic rings. The summed E-state index contributed by atoms with van der Waals surface area (Å²) in [6.45, 7) is 1.34. The minimum atomic E-state index is -0.675. The number of nitrogens with one attached hydrogen (secondary N) is 2. The lowest BCUT2D eigenvalue weighted by Gasteiger charge is -2.15. The van der Waals surface area contributed by atoms with Gasteiger partial charge < -0.3 is 9.47 Å². The van der Waals surface area contributed by atoms with E-state index < -0.39 is 30.3 Å². The highest BCUT2D eigenvalue weighted by Crippen LogP contribution is 2.22. The Balaban J connectivity index is 1.86. The average molecular weight is 405 g/mol. The number of ether oxygens (including phenoxy) is 2.